The first-order valence-corrected chi connectivity index (χ1v) is 10.5. The molecule has 3 heteroatoms. The fourth-order valence-corrected chi connectivity index (χ4v) is 3.61. The van der Waals surface area contributed by atoms with Gasteiger partial charge in [0.2, 0.25) is 0 Å². The van der Waals surface area contributed by atoms with Gasteiger partial charge < -0.3 is 4.74 Å². The van der Waals surface area contributed by atoms with Crippen molar-refractivity contribution >= 4 is 17.3 Å². The van der Waals surface area contributed by atoms with Crippen molar-refractivity contribution in [2.45, 2.75) is 71.6 Å². The van der Waals surface area contributed by atoms with Crippen LogP contribution in [0.15, 0.2) is 35.7 Å². The van der Waals surface area contributed by atoms with Crippen molar-refractivity contribution in [1.29, 1.82) is 0 Å². The predicted octanol–water partition coefficient (Wildman–Crippen LogP) is 6.82. The van der Waals surface area contributed by atoms with Crippen molar-refractivity contribution in [1.82, 2.24) is 0 Å². The van der Waals surface area contributed by atoms with Crippen molar-refractivity contribution in [3.8, 4) is 5.06 Å². The van der Waals surface area contributed by atoms with E-state index in [-0.39, 0.29) is 5.97 Å². The third-order valence-corrected chi connectivity index (χ3v) is 5.25. The van der Waals surface area contributed by atoms with Gasteiger partial charge >= 0.3 is 5.97 Å². The van der Waals surface area contributed by atoms with Gasteiger partial charge in [-0.1, -0.05) is 58.1 Å². The summed E-state index contributed by atoms with van der Waals surface area (Å²) in [5, 5.41) is 2.77. The van der Waals surface area contributed by atoms with Gasteiger partial charge in [-0.15, -0.1) is 11.3 Å². The van der Waals surface area contributed by atoms with Crippen LogP contribution in [-0.2, 0) is 12.8 Å². The number of benzene rings is 1. The number of hydrogen-bond donors (Lipinski definition) is 0. The van der Waals surface area contributed by atoms with Crippen LogP contribution >= 0.6 is 11.3 Å². The summed E-state index contributed by atoms with van der Waals surface area (Å²) in [6.07, 6.45) is 10.9. The largest absolute Gasteiger partial charge is 0.412 e. The zero-order valence-electron chi connectivity index (χ0n) is 15.6. The maximum absolute atomic E-state index is 12.3. The van der Waals surface area contributed by atoms with Crippen LogP contribution in [0.5, 0.6) is 5.06 Å². The molecule has 1 aromatic carbocycles. The highest BCUT2D eigenvalue weighted by molar-refractivity contribution is 7.12. The molecule has 0 saturated heterocycles. The summed E-state index contributed by atoms with van der Waals surface area (Å²) in [5.41, 5.74) is 3.18. The van der Waals surface area contributed by atoms with E-state index in [1.54, 1.807) is 0 Å². The number of ether oxygens (including phenoxy) is 1. The summed E-state index contributed by atoms with van der Waals surface area (Å²) in [6.45, 7) is 4.42. The van der Waals surface area contributed by atoms with Crippen LogP contribution in [0.4, 0.5) is 0 Å². The van der Waals surface area contributed by atoms with Gasteiger partial charge in [-0.2, -0.15) is 0 Å². The Morgan fingerprint density at radius 1 is 0.880 bits per heavy atom. The van der Waals surface area contributed by atoms with Gasteiger partial charge in [0.05, 0.1) is 5.56 Å². The summed E-state index contributed by atoms with van der Waals surface area (Å²) < 4.78 is 5.51. The van der Waals surface area contributed by atoms with Crippen molar-refractivity contribution in [3.63, 3.8) is 0 Å². The highest BCUT2D eigenvalue weighted by Crippen LogP contribution is 2.25. The number of thiophene rings is 1. The van der Waals surface area contributed by atoms with Crippen LogP contribution in [0, 0.1) is 0 Å². The van der Waals surface area contributed by atoms with Crippen molar-refractivity contribution < 1.29 is 9.53 Å². The molecule has 1 aromatic heterocycles. The quantitative estimate of drug-likeness (QED) is 0.325. The molecule has 2 nitrogen and oxygen atoms in total. The summed E-state index contributed by atoms with van der Waals surface area (Å²) in [6, 6.07) is 9.86. The number of unbranched alkanes of at least 4 members (excludes halogenated alkanes) is 5. The number of aryl methyl sites for hydroxylation is 2. The van der Waals surface area contributed by atoms with E-state index in [1.165, 1.54) is 67.4 Å². The summed E-state index contributed by atoms with van der Waals surface area (Å²) in [5.74, 6) is -0.265. The molecule has 0 bridgehead atoms. The van der Waals surface area contributed by atoms with Crippen LogP contribution in [-0.4, -0.2) is 5.97 Å². The summed E-state index contributed by atoms with van der Waals surface area (Å²) in [4.78, 5) is 12.3. The van der Waals surface area contributed by atoms with Gasteiger partial charge in [-0.25, -0.2) is 4.79 Å². The fourth-order valence-electron chi connectivity index (χ4n) is 2.81. The second kappa shape index (κ2) is 11.1. The zero-order valence-corrected chi connectivity index (χ0v) is 16.4. The Labute approximate surface area is 156 Å². The highest BCUT2D eigenvalue weighted by atomic mass is 32.1. The molecule has 2 aromatic rings. The number of esters is 1. The van der Waals surface area contributed by atoms with E-state index in [4.69, 9.17) is 4.74 Å². The standard InChI is InChI=1S/C22H30O2S/c1-3-5-7-8-9-11-18-12-14-20(15-13-18)22(23)24-21-16-19(17-25-21)10-6-4-2/h12-17H,3-11H2,1-2H3. The predicted molar refractivity (Wildman–Crippen MR) is 107 cm³/mol. The molecule has 2 rings (SSSR count). The summed E-state index contributed by atoms with van der Waals surface area (Å²) >= 11 is 1.50. The van der Waals surface area contributed by atoms with E-state index in [0.717, 1.165) is 12.8 Å². The first kappa shape index (κ1) is 19.7. The molecule has 0 aliphatic rings. The lowest BCUT2D eigenvalue weighted by molar-refractivity contribution is 0.0740. The number of rotatable bonds is 11. The third kappa shape index (κ3) is 7.03. The average Bonchev–Trinajstić information content (AvgIpc) is 3.07. The first-order valence-electron chi connectivity index (χ1n) is 9.61. The highest BCUT2D eigenvalue weighted by Gasteiger charge is 2.10. The van der Waals surface area contributed by atoms with Crippen LogP contribution in [0.3, 0.4) is 0 Å². The molecule has 136 valence electrons. The van der Waals surface area contributed by atoms with Gasteiger partial charge in [0.15, 0.2) is 5.06 Å². The molecular weight excluding hydrogens is 328 g/mol. The Kier molecular flexibility index (Phi) is 8.75. The minimum absolute atomic E-state index is 0.265. The molecule has 0 radical (unpaired) electrons. The summed E-state index contributed by atoms with van der Waals surface area (Å²) in [7, 11) is 0. The molecule has 0 N–H and O–H groups in total. The molecule has 1 heterocycles. The van der Waals surface area contributed by atoms with Gasteiger partial charge in [-0.05, 0) is 60.4 Å². The molecule has 0 atom stereocenters. The normalized spacial score (nSPS) is 10.8. The maximum Gasteiger partial charge on any atom is 0.344 e. The van der Waals surface area contributed by atoms with Crippen molar-refractivity contribution in [3.05, 3.63) is 52.4 Å². The molecule has 0 aliphatic heterocycles. The molecule has 0 fully saturated rings. The zero-order chi connectivity index (χ0) is 17.9. The Hall–Kier alpha value is -1.61. The third-order valence-electron chi connectivity index (χ3n) is 4.40. The monoisotopic (exact) mass is 358 g/mol. The molecule has 0 amide bonds. The number of carbonyl (C=O) groups is 1. The molecule has 25 heavy (non-hydrogen) atoms. The maximum atomic E-state index is 12.3. The lowest BCUT2D eigenvalue weighted by Crippen LogP contribution is -2.07. The topological polar surface area (TPSA) is 26.3 Å². The minimum atomic E-state index is -0.265. The minimum Gasteiger partial charge on any atom is -0.412 e. The first-order chi connectivity index (χ1) is 12.2. The van der Waals surface area contributed by atoms with E-state index in [9.17, 15) is 4.79 Å². The van der Waals surface area contributed by atoms with Gasteiger partial charge in [0.1, 0.15) is 0 Å². The van der Waals surface area contributed by atoms with E-state index < -0.39 is 0 Å². The van der Waals surface area contributed by atoms with Crippen molar-refractivity contribution in [2.24, 2.45) is 0 Å². The lowest BCUT2D eigenvalue weighted by atomic mass is 10.0. The van der Waals surface area contributed by atoms with E-state index in [1.807, 2.05) is 18.2 Å². The Morgan fingerprint density at radius 2 is 1.56 bits per heavy atom. The molecule has 0 unspecified atom stereocenters. The van der Waals surface area contributed by atoms with Crippen LogP contribution < -0.4 is 4.74 Å². The van der Waals surface area contributed by atoms with Crippen LogP contribution in [0.1, 0.15) is 80.3 Å². The van der Waals surface area contributed by atoms with Gasteiger partial charge in [-0.3, -0.25) is 0 Å². The van der Waals surface area contributed by atoms with E-state index in [0.29, 0.717) is 10.6 Å². The number of hydrogen-bond acceptors (Lipinski definition) is 3. The van der Waals surface area contributed by atoms with Crippen molar-refractivity contribution in [2.75, 3.05) is 0 Å². The molecular formula is C22H30O2S. The van der Waals surface area contributed by atoms with Crippen LogP contribution in [0.25, 0.3) is 0 Å². The van der Waals surface area contributed by atoms with Gasteiger partial charge in [0.25, 0.3) is 0 Å². The Balaban J connectivity index is 1.80. The smallest absolute Gasteiger partial charge is 0.344 e. The lowest BCUT2D eigenvalue weighted by Gasteiger charge is -2.04. The Bertz CT molecular complexity index is 628. The number of carbonyl (C=O) groups excluding carboxylic acids is 1. The Morgan fingerprint density at radius 3 is 2.28 bits per heavy atom. The van der Waals surface area contributed by atoms with E-state index >= 15 is 0 Å². The second-order valence-corrected chi connectivity index (χ2v) is 7.50. The fraction of sp³-hybridized carbons (Fsp3) is 0.500. The van der Waals surface area contributed by atoms with E-state index in [2.05, 4.69) is 31.4 Å². The molecule has 0 spiro atoms. The second-order valence-electron chi connectivity index (χ2n) is 6.63. The SMILES string of the molecule is CCCCCCCc1ccc(C(=O)Oc2cc(CCCC)cs2)cc1. The molecule has 0 saturated carbocycles. The van der Waals surface area contributed by atoms with Crippen LogP contribution in [0.2, 0.25) is 0 Å². The molecule has 0 aliphatic carbocycles. The van der Waals surface area contributed by atoms with Gasteiger partial charge in [0, 0.05) is 0 Å². The average molecular weight is 359 g/mol.